The normalized spacial score (nSPS) is 16.7. The highest BCUT2D eigenvalue weighted by atomic mass is 32.1. The minimum absolute atomic E-state index is 0.205. The Morgan fingerprint density at radius 3 is 2.58 bits per heavy atom. The van der Waals surface area contributed by atoms with Crippen LogP contribution in [-0.4, -0.2) is 30.7 Å². The molecule has 0 amide bonds. The number of hydrogen-bond acceptors (Lipinski definition) is 5. The van der Waals surface area contributed by atoms with Crippen LogP contribution in [0, 0.1) is 5.92 Å². The Morgan fingerprint density at radius 1 is 1.08 bits per heavy atom. The summed E-state index contributed by atoms with van der Waals surface area (Å²) in [4.78, 5) is 7.19. The Hall–Kier alpha value is -2.11. The van der Waals surface area contributed by atoms with Gasteiger partial charge in [-0.25, -0.2) is 4.98 Å². The number of anilines is 1. The molecular formula is C21H25N3OS. The van der Waals surface area contributed by atoms with Crippen molar-refractivity contribution >= 4 is 26.7 Å². The van der Waals surface area contributed by atoms with E-state index in [1.165, 1.54) is 4.70 Å². The minimum Gasteiger partial charge on any atom is -0.494 e. The lowest BCUT2D eigenvalue weighted by Gasteiger charge is -2.34. The van der Waals surface area contributed by atoms with Crippen molar-refractivity contribution in [3.8, 4) is 5.75 Å². The fourth-order valence-electron chi connectivity index (χ4n) is 3.58. The second-order valence-electron chi connectivity index (χ2n) is 6.90. The van der Waals surface area contributed by atoms with E-state index in [0.29, 0.717) is 12.5 Å². The molecule has 136 valence electrons. The number of nitrogens with two attached hydrogens (primary N) is 1. The number of rotatable bonds is 6. The molecule has 0 saturated carbocycles. The molecule has 1 atom stereocenters. The third-order valence-corrected chi connectivity index (χ3v) is 6.26. The number of aromatic nitrogens is 1. The van der Waals surface area contributed by atoms with E-state index in [1.807, 2.05) is 30.3 Å². The molecular weight excluding hydrogens is 342 g/mol. The lowest BCUT2D eigenvalue weighted by molar-refractivity contribution is 0.255. The minimum atomic E-state index is 0.205. The van der Waals surface area contributed by atoms with Crippen molar-refractivity contribution in [2.45, 2.75) is 25.3 Å². The van der Waals surface area contributed by atoms with Crippen molar-refractivity contribution in [2.75, 3.05) is 24.6 Å². The molecule has 1 aliphatic heterocycles. The van der Waals surface area contributed by atoms with E-state index >= 15 is 0 Å². The van der Waals surface area contributed by atoms with Crippen LogP contribution in [0.3, 0.4) is 0 Å². The maximum absolute atomic E-state index is 6.45. The molecule has 1 fully saturated rings. The molecule has 1 unspecified atom stereocenters. The fourth-order valence-corrected chi connectivity index (χ4v) is 4.60. The Labute approximate surface area is 158 Å². The summed E-state index contributed by atoms with van der Waals surface area (Å²) in [5, 5.41) is 1.14. The molecule has 0 spiro atoms. The zero-order valence-electron chi connectivity index (χ0n) is 14.9. The maximum atomic E-state index is 6.45. The Morgan fingerprint density at radius 2 is 1.81 bits per heavy atom. The summed E-state index contributed by atoms with van der Waals surface area (Å²) in [5.41, 5.74) is 7.55. The number of benzene rings is 2. The van der Waals surface area contributed by atoms with Crippen LogP contribution >= 0.6 is 11.3 Å². The van der Waals surface area contributed by atoms with Gasteiger partial charge < -0.3 is 15.4 Å². The number of ether oxygens (including phenoxy) is 1. The van der Waals surface area contributed by atoms with Crippen LogP contribution in [0.15, 0.2) is 54.6 Å². The summed E-state index contributed by atoms with van der Waals surface area (Å²) in [6.45, 7) is 2.76. The van der Waals surface area contributed by atoms with Gasteiger partial charge in [-0.2, -0.15) is 0 Å². The number of para-hydroxylation sites is 2. The van der Waals surface area contributed by atoms with Crippen molar-refractivity contribution in [3.05, 3.63) is 54.6 Å². The first-order chi connectivity index (χ1) is 12.8. The molecule has 2 N–H and O–H groups in total. The molecule has 0 aliphatic carbocycles. The first-order valence-corrected chi connectivity index (χ1v) is 10.2. The number of fused-ring (bicyclic) bond motifs is 1. The molecule has 26 heavy (non-hydrogen) atoms. The van der Waals surface area contributed by atoms with E-state index in [0.717, 1.165) is 48.7 Å². The van der Waals surface area contributed by atoms with Gasteiger partial charge in [0.25, 0.3) is 0 Å². The predicted molar refractivity (Wildman–Crippen MR) is 109 cm³/mol. The zero-order valence-corrected chi connectivity index (χ0v) is 15.7. The van der Waals surface area contributed by atoms with Crippen LogP contribution in [0.1, 0.15) is 19.3 Å². The van der Waals surface area contributed by atoms with Crippen LogP contribution < -0.4 is 15.4 Å². The van der Waals surface area contributed by atoms with Gasteiger partial charge in [0.05, 0.1) is 16.8 Å². The van der Waals surface area contributed by atoms with Gasteiger partial charge in [0.2, 0.25) is 0 Å². The molecule has 1 aromatic heterocycles. The SMILES string of the molecule is NC(CCOc1ccccc1)C1CCN(c2nc3ccccc3s2)CC1. The quantitative estimate of drug-likeness (QED) is 0.705. The zero-order chi connectivity index (χ0) is 17.8. The van der Waals surface area contributed by atoms with Gasteiger partial charge >= 0.3 is 0 Å². The van der Waals surface area contributed by atoms with E-state index in [4.69, 9.17) is 15.5 Å². The van der Waals surface area contributed by atoms with Crippen molar-refractivity contribution in [1.29, 1.82) is 0 Å². The van der Waals surface area contributed by atoms with Crippen molar-refractivity contribution in [2.24, 2.45) is 11.7 Å². The summed E-state index contributed by atoms with van der Waals surface area (Å²) < 4.78 is 7.06. The smallest absolute Gasteiger partial charge is 0.186 e. The van der Waals surface area contributed by atoms with Gasteiger partial charge in [-0.3, -0.25) is 0 Å². The van der Waals surface area contributed by atoms with Crippen LogP contribution in [0.5, 0.6) is 5.75 Å². The van der Waals surface area contributed by atoms with Crippen molar-refractivity contribution in [3.63, 3.8) is 0 Å². The molecule has 0 bridgehead atoms. The molecule has 1 saturated heterocycles. The highest BCUT2D eigenvalue weighted by Gasteiger charge is 2.25. The highest BCUT2D eigenvalue weighted by Crippen LogP contribution is 2.32. The standard InChI is InChI=1S/C21H25N3OS/c22-18(12-15-25-17-6-2-1-3-7-17)16-10-13-24(14-11-16)21-23-19-8-4-5-9-20(19)26-21/h1-9,16,18H,10-15,22H2. The topological polar surface area (TPSA) is 51.4 Å². The van der Waals surface area contributed by atoms with Crippen LogP contribution in [0.2, 0.25) is 0 Å². The molecule has 4 rings (SSSR count). The molecule has 2 heterocycles. The highest BCUT2D eigenvalue weighted by molar-refractivity contribution is 7.22. The Bertz CT molecular complexity index is 794. The molecule has 2 aromatic carbocycles. The molecule has 4 nitrogen and oxygen atoms in total. The van der Waals surface area contributed by atoms with Crippen LogP contribution in [0.4, 0.5) is 5.13 Å². The van der Waals surface area contributed by atoms with E-state index in [2.05, 4.69) is 29.2 Å². The molecule has 0 radical (unpaired) electrons. The largest absolute Gasteiger partial charge is 0.494 e. The number of hydrogen-bond donors (Lipinski definition) is 1. The maximum Gasteiger partial charge on any atom is 0.186 e. The van der Waals surface area contributed by atoms with Gasteiger partial charge in [-0.05, 0) is 49.4 Å². The number of nitrogens with zero attached hydrogens (tertiary/aromatic N) is 2. The summed E-state index contributed by atoms with van der Waals surface area (Å²) in [6, 6.07) is 18.5. The van der Waals surface area contributed by atoms with Gasteiger partial charge in [-0.15, -0.1) is 0 Å². The molecule has 1 aliphatic rings. The van der Waals surface area contributed by atoms with Gasteiger partial charge in [0.1, 0.15) is 5.75 Å². The fraction of sp³-hybridized carbons (Fsp3) is 0.381. The van der Waals surface area contributed by atoms with Gasteiger partial charge in [0, 0.05) is 19.1 Å². The first kappa shape index (κ1) is 17.3. The molecule has 3 aromatic rings. The summed E-state index contributed by atoms with van der Waals surface area (Å²) in [5.74, 6) is 1.49. The Kier molecular flexibility index (Phi) is 5.37. The van der Waals surface area contributed by atoms with Crippen molar-refractivity contribution < 1.29 is 4.74 Å². The van der Waals surface area contributed by atoms with Crippen LogP contribution in [-0.2, 0) is 0 Å². The van der Waals surface area contributed by atoms with E-state index < -0.39 is 0 Å². The van der Waals surface area contributed by atoms with Gasteiger partial charge in [-0.1, -0.05) is 41.7 Å². The lowest BCUT2D eigenvalue weighted by Crippen LogP contribution is -2.41. The third kappa shape index (κ3) is 4.00. The third-order valence-electron chi connectivity index (χ3n) is 5.16. The Balaban J connectivity index is 1.26. The molecule has 5 heteroatoms. The average molecular weight is 368 g/mol. The summed E-state index contributed by atoms with van der Waals surface area (Å²) in [6.07, 6.45) is 3.16. The first-order valence-electron chi connectivity index (χ1n) is 9.33. The average Bonchev–Trinajstić information content (AvgIpc) is 3.13. The van der Waals surface area contributed by atoms with E-state index in [9.17, 15) is 0 Å². The monoisotopic (exact) mass is 367 g/mol. The van der Waals surface area contributed by atoms with E-state index in [1.54, 1.807) is 11.3 Å². The second kappa shape index (κ2) is 8.06. The van der Waals surface area contributed by atoms with Crippen molar-refractivity contribution in [1.82, 2.24) is 4.98 Å². The number of piperidine rings is 1. The number of thiazole rings is 1. The predicted octanol–water partition coefficient (Wildman–Crippen LogP) is 4.31. The van der Waals surface area contributed by atoms with E-state index in [-0.39, 0.29) is 6.04 Å². The van der Waals surface area contributed by atoms with Gasteiger partial charge in [0.15, 0.2) is 5.13 Å². The van der Waals surface area contributed by atoms with Crippen LogP contribution in [0.25, 0.3) is 10.2 Å². The lowest BCUT2D eigenvalue weighted by atomic mass is 9.88. The summed E-state index contributed by atoms with van der Waals surface area (Å²) >= 11 is 1.79. The summed E-state index contributed by atoms with van der Waals surface area (Å²) in [7, 11) is 0. The second-order valence-corrected chi connectivity index (χ2v) is 7.91.